The molecular weight excluding hydrogens is 244 g/mol. The van der Waals surface area contributed by atoms with Crippen LogP contribution in [0.3, 0.4) is 0 Å². The van der Waals surface area contributed by atoms with Crippen molar-refractivity contribution in [1.29, 1.82) is 0 Å². The summed E-state index contributed by atoms with van der Waals surface area (Å²) < 4.78 is 25.4. The maximum Gasteiger partial charge on any atom is 0.350 e. The van der Waals surface area contributed by atoms with Gasteiger partial charge >= 0.3 is 11.9 Å². The number of ether oxygens (including phenoxy) is 5. The summed E-state index contributed by atoms with van der Waals surface area (Å²) >= 11 is 0. The molecule has 0 unspecified atom stereocenters. The fraction of sp³-hybridized carbons (Fsp3) is 0.818. The zero-order chi connectivity index (χ0) is 13.7. The lowest BCUT2D eigenvalue weighted by molar-refractivity contribution is -0.177. The molecule has 0 saturated carbocycles. The highest BCUT2D eigenvalue weighted by molar-refractivity contribution is 5.79. The third-order valence-electron chi connectivity index (χ3n) is 2.74. The molecule has 0 N–H and O–H groups in total. The van der Waals surface area contributed by atoms with Crippen LogP contribution < -0.4 is 0 Å². The molecule has 0 amide bonds. The summed E-state index contributed by atoms with van der Waals surface area (Å²) in [5, 5.41) is 0. The Morgan fingerprint density at radius 2 is 1.89 bits per heavy atom. The molecule has 1 saturated heterocycles. The van der Waals surface area contributed by atoms with Crippen molar-refractivity contribution in [3.05, 3.63) is 0 Å². The smallest absolute Gasteiger partial charge is 0.350 e. The minimum Gasteiger partial charge on any atom is -0.466 e. The van der Waals surface area contributed by atoms with Crippen LogP contribution in [0.4, 0.5) is 0 Å². The van der Waals surface area contributed by atoms with Gasteiger partial charge in [-0.15, -0.1) is 0 Å². The van der Waals surface area contributed by atoms with Crippen LogP contribution >= 0.6 is 0 Å². The first-order valence-corrected chi connectivity index (χ1v) is 5.47. The first-order chi connectivity index (χ1) is 8.54. The van der Waals surface area contributed by atoms with Crippen LogP contribution in [0, 0.1) is 0 Å². The van der Waals surface area contributed by atoms with E-state index in [1.54, 1.807) is 0 Å². The summed E-state index contributed by atoms with van der Waals surface area (Å²) in [6.45, 7) is 1.47. The van der Waals surface area contributed by atoms with Crippen molar-refractivity contribution in [3.63, 3.8) is 0 Å². The zero-order valence-electron chi connectivity index (χ0n) is 10.9. The van der Waals surface area contributed by atoms with Gasteiger partial charge in [-0.25, -0.2) is 4.79 Å². The molecule has 1 rings (SSSR count). The van der Waals surface area contributed by atoms with Crippen LogP contribution in [-0.4, -0.2) is 64.3 Å². The third kappa shape index (κ3) is 3.18. The number of rotatable bonds is 5. The Hall–Kier alpha value is -1.18. The largest absolute Gasteiger partial charge is 0.466 e. The van der Waals surface area contributed by atoms with Gasteiger partial charge in [-0.2, -0.15) is 0 Å². The van der Waals surface area contributed by atoms with Crippen molar-refractivity contribution in [3.8, 4) is 0 Å². The fourth-order valence-electron chi connectivity index (χ4n) is 1.90. The van der Waals surface area contributed by atoms with E-state index in [1.165, 1.54) is 28.3 Å². The zero-order valence-corrected chi connectivity index (χ0v) is 10.9. The van der Waals surface area contributed by atoms with E-state index in [-0.39, 0.29) is 12.7 Å². The van der Waals surface area contributed by atoms with Crippen molar-refractivity contribution < 1.29 is 33.3 Å². The van der Waals surface area contributed by atoms with Crippen LogP contribution in [-0.2, 0) is 33.3 Å². The maximum absolute atomic E-state index is 11.6. The molecule has 0 radical (unpaired) electrons. The predicted molar refractivity (Wildman–Crippen MR) is 58.9 cm³/mol. The lowest BCUT2D eigenvalue weighted by Gasteiger charge is -2.25. The second kappa shape index (κ2) is 6.67. The standard InChI is InChI=1S/C11H18O7/c1-6(12)18-10(11(13)16-4)9-8(15-3)7(14-2)5-17-9/h7-10H,5H2,1-4H3/t7-,8+,9-,10-/m0/s1. The van der Waals surface area contributed by atoms with E-state index >= 15 is 0 Å². The molecule has 0 aromatic heterocycles. The summed E-state index contributed by atoms with van der Waals surface area (Å²) in [4.78, 5) is 22.6. The van der Waals surface area contributed by atoms with Gasteiger partial charge in [0.1, 0.15) is 18.3 Å². The molecule has 0 bridgehead atoms. The first-order valence-electron chi connectivity index (χ1n) is 5.47. The lowest BCUT2D eigenvalue weighted by Crippen LogP contribution is -2.46. The molecule has 1 fully saturated rings. The highest BCUT2D eigenvalue weighted by Gasteiger charge is 2.47. The van der Waals surface area contributed by atoms with Crippen LogP contribution in [0.5, 0.6) is 0 Å². The van der Waals surface area contributed by atoms with E-state index in [1.807, 2.05) is 0 Å². The molecule has 0 aromatic rings. The number of hydrogen-bond donors (Lipinski definition) is 0. The highest BCUT2D eigenvalue weighted by Crippen LogP contribution is 2.24. The van der Waals surface area contributed by atoms with Crippen LogP contribution in [0.2, 0.25) is 0 Å². The number of carbonyl (C=O) groups excluding carboxylic acids is 2. The number of carbonyl (C=O) groups is 2. The number of hydrogen-bond acceptors (Lipinski definition) is 7. The van der Waals surface area contributed by atoms with Crippen molar-refractivity contribution >= 4 is 11.9 Å². The molecule has 18 heavy (non-hydrogen) atoms. The molecule has 4 atom stereocenters. The van der Waals surface area contributed by atoms with E-state index in [2.05, 4.69) is 4.74 Å². The lowest BCUT2D eigenvalue weighted by atomic mass is 10.1. The quantitative estimate of drug-likeness (QED) is 0.619. The topological polar surface area (TPSA) is 80.3 Å². The molecule has 7 heteroatoms. The molecule has 0 spiro atoms. The Labute approximate surface area is 105 Å². The van der Waals surface area contributed by atoms with Gasteiger partial charge in [-0.05, 0) is 0 Å². The molecule has 1 aliphatic heterocycles. The Balaban J connectivity index is 2.84. The van der Waals surface area contributed by atoms with Gasteiger partial charge in [-0.3, -0.25) is 4.79 Å². The SMILES string of the molecule is COC(=O)[C@@H](OC(C)=O)[C@H]1OC[C@H](OC)[C@H]1OC. The normalized spacial score (nSPS) is 28.8. The van der Waals surface area contributed by atoms with Gasteiger partial charge in [0.05, 0.1) is 13.7 Å². The second-order valence-corrected chi connectivity index (χ2v) is 3.83. The summed E-state index contributed by atoms with van der Waals surface area (Å²) in [5.74, 6) is -1.28. The van der Waals surface area contributed by atoms with Crippen molar-refractivity contribution in [2.24, 2.45) is 0 Å². The minimum atomic E-state index is -1.16. The molecule has 0 aliphatic carbocycles. The number of methoxy groups -OCH3 is 3. The summed E-state index contributed by atoms with van der Waals surface area (Å²) in [7, 11) is 4.20. The van der Waals surface area contributed by atoms with E-state index in [4.69, 9.17) is 18.9 Å². The van der Waals surface area contributed by atoms with Crippen molar-refractivity contribution in [2.75, 3.05) is 27.9 Å². The van der Waals surface area contributed by atoms with E-state index in [0.717, 1.165) is 0 Å². The first kappa shape index (κ1) is 14.9. The predicted octanol–water partition coefficient (Wildman–Crippen LogP) is -0.480. The summed E-state index contributed by atoms with van der Waals surface area (Å²) in [6.07, 6.45) is -2.71. The molecule has 1 aliphatic rings. The summed E-state index contributed by atoms with van der Waals surface area (Å²) in [6, 6.07) is 0. The molecule has 0 aromatic carbocycles. The average Bonchev–Trinajstić information content (AvgIpc) is 2.77. The van der Waals surface area contributed by atoms with Crippen LogP contribution in [0.1, 0.15) is 6.92 Å². The van der Waals surface area contributed by atoms with Crippen molar-refractivity contribution in [2.45, 2.75) is 31.3 Å². The average molecular weight is 262 g/mol. The molecule has 1 heterocycles. The van der Waals surface area contributed by atoms with Gasteiger partial charge in [0.25, 0.3) is 0 Å². The second-order valence-electron chi connectivity index (χ2n) is 3.83. The van der Waals surface area contributed by atoms with Gasteiger partial charge in [0.2, 0.25) is 6.10 Å². The van der Waals surface area contributed by atoms with Gasteiger partial charge in [0.15, 0.2) is 0 Å². The Kier molecular flexibility index (Phi) is 5.52. The molecule has 104 valence electrons. The third-order valence-corrected chi connectivity index (χ3v) is 2.74. The molecular formula is C11H18O7. The van der Waals surface area contributed by atoms with Crippen LogP contribution in [0.25, 0.3) is 0 Å². The van der Waals surface area contributed by atoms with Crippen LogP contribution in [0.15, 0.2) is 0 Å². The van der Waals surface area contributed by atoms with E-state index < -0.39 is 30.3 Å². The number of esters is 2. The Morgan fingerprint density at radius 3 is 2.33 bits per heavy atom. The maximum atomic E-state index is 11.6. The van der Waals surface area contributed by atoms with E-state index in [0.29, 0.717) is 0 Å². The Morgan fingerprint density at radius 1 is 1.22 bits per heavy atom. The minimum absolute atomic E-state index is 0.258. The monoisotopic (exact) mass is 262 g/mol. The van der Waals surface area contributed by atoms with Gasteiger partial charge < -0.3 is 23.7 Å². The van der Waals surface area contributed by atoms with Crippen molar-refractivity contribution in [1.82, 2.24) is 0 Å². The van der Waals surface area contributed by atoms with Gasteiger partial charge in [0, 0.05) is 21.1 Å². The van der Waals surface area contributed by atoms with E-state index in [9.17, 15) is 9.59 Å². The molecule has 7 nitrogen and oxygen atoms in total. The Bertz CT molecular complexity index is 304. The summed E-state index contributed by atoms with van der Waals surface area (Å²) in [5.41, 5.74) is 0. The highest BCUT2D eigenvalue weighted by atomic mass is 16.6. The van der Waals surface area contributed by atoms with Gasteiger partial charge in [-0.1, -0.05) is 0 Å². The fourth-order valence-corrected chi connectivity index (χ4v) is 1.90.